The van der Waals surface area contributed by atoms with Gasteiger partial charge in [-0.25, -0.2) is 4.79 Å². The van der Waals surface area contributed by atoms with E-state index in [0.717, 1.165) is 23.1 Å². The molecule has 20 heavy (non-hydrogen) atoms. The molecule has 2 saturated heterocycles. The van der Waals surface area contributed by atoms with E-state index < -0.39 is 5.97 Å². The van der Waals surface area contributed by atoms with Crippen molar-refractivity contribution in [1.82, 2.24) is 4.90 Å². The Labute approximate surface area is 127 Å². The smallest absolute Gasteiger partial charge is 0.337 e. The molecule has 2 unspecified atom stereocenters. The van der Waals surface area contributed by atoms with Crippen molar-refractivity contribution in [3.8, 4) is 0 Å². The molecule has 3 rings (SSSR count). The third-order valence-electron chi connectivity index (χ3n) is 4.41. The standard InChI is InChI=1S/C15H19BrN2O2/c16-10-4-5-12(11(9-10)15(19)20)17-13-6-8-18-7-2-1-3-14(13)18/h4-5,9,13-14,17H,1-3,6-8H2,(H,19,20). The number of rotatable bonds is 3. The number of carboxylic acids is 1. The van der Waals surface area contributed by atoms with Gasteiger partial charge in [0.1, 0.15) is 0 Å². The minimum Gasteiger partial charge on any atom is -0.478 e. The fourth-order valence-corrected chi connectivity index (χ4v) is 3.80. The van der Waals surface area contributed by atoms with E-state index in [4.69, 9.17) is 0 Å². The van der Waals surface area contributed by atoms with Crippen molar-refractivity contribution >= 4 is 27.6 Å². The zero-order valence-corrected chi connectivity index (χ0v) is 12.9. The molecule has 0 aliphatic carbocycles. The van der Waals surface area contributed by atoms with Crippen LogP contribution in [0.25, 0.3) is 0 Å². The molecule has 0 spiro atoms. The van der Waals surface area contributed by atoms with Gasteiger partial charge in [-0.3, -0.25) is 4.90 Å². The van der Waals surface area contributed by atoms with Crippen molar-refractivity contribution < 1.29 is 9.90 Å². The highest BCUT2D eigenvalue weighted by atomic mass is 79.9. The molecule has 2 N–H and O–H groups in total. The first-order chi connectivity index (χ1) is 9.65. The van der Waals surface area contributed by atoms with E-state index in [1.54, 1.807) is 6.07 Å². The Morgan fingerprint density at radius 3 is 2.95 bits per heavy atom. The number of piperidine rings is 1. The van der Waals surface area contributed by atoms with Gasteiger partial charge >= 0.3 is 5.97 Å². The maximum absolute atomic E-state index is 11.4. The zero-order chi connectivity index (χ0) is 14.1. The predicted molar refractivity (Wildman–Crippen MR) is 82.3 cm³/mol. The van der Waals surface area contributed by atoms with E-state index in [1.165, 1.54) is 25.8 Å². The van der Waals surface area contributed by atoms with Gasteiger partial charge in [0.05, 0.1) is 5.56 Å². The van der Waals surface area contributed by atoms with Crippen LogP contribution in [0.1, 0.15) is 36.0 Å². The number of halogens is 1. The number of fused-ring (bicyclic) bond motifs is 1. The Bertz CT molecular complexity index is 521. The third-order valence-corrected chi connectivity index (χ3v) is 4.90. The average Bonchev–Trinajstić information content (AvgIpc) is 2.84. The molecule has 4 nitrogen and oxygen atoms in total. The molecule has 2 aliphatic heterocycles. The number of hydrogen-bond acceptors (Lipinski definition) is 3. The van der Waals surface area contributed by atoms with Crippen LogP contribution in [-0.4, -0.2) is 41.1 Å². The minimum atomic E-state index is -0.882. The molecule has 108 valence electrons. The van der Waals surface area contributed by atoms with Crippen LogP contribution in [0, 0.1) is 0 Å². The lowest BCUT2D eigenvalue weighted by atomic mass is 9.98. The molecule has 1 aromatic carbocycles. The van der Waals surface area contributed by atoms with Gasteiger partial charge in [0.15, 0.2) is 0 Å². The number of anilines is 1. The van der Waals surface area contributed by atoms with Crippen LogP contribution < -0.4 is 5.32 Å². The Morgan fingerprint density at radius 1 is 1.30 bits per heavy atom. The van der Waals surface area contributed by atoms with Gasteiger partial charge in [0.25, 0.3) is 0 Å². The van der Waals surface area contributed by atoms with Crippen LogP contribution in [0.5, 0.6) is 0 Å². The van der Waals surface area contributed by atoms with Crippen LogP contribution in [0.15, 0.2) is 22.7 Å². The molecule has 2 aliphatic rings. The third kappa shape index (κ3) is 2.69. The number of carboxylic acid groups (broad SMARTS) is 1. The summed E-state index contributed by atoms with van der Waals surface area (Å²) in [6, 6.07) is 6.35. The molecule has 2 fully saturated rings. The highest BCUT2D eigenvalue weighted by molar-refractivity contribution is 9.10. The number of benzene rings is 1. The Kier molecular flexibility index (Phi) is 3.98. The molecule has 2 heterocycles. The van der Waals surface area contributed by atoms with Crippen molar-refractivity contribution in [1.29, 1.82) is 0 Å². The second kappa shape index (κ2) is 5.74. The van der Waals surface area contributed by atoms with Crippen molar-refractivity contribution in [3.63, 3.8) is 0 Å². The van der Waals surface area contributed by atoms with Gasteiger partial charge in [0.2, 0.25) is 0 Å². The molecule has 2 atom stereocenters. The second-order valence-corrected chi connectivity index (χ2v) is 6.55. The van der Waals surface area contributed by atoms with Crippen molar-refractivity contribution in [2.45, 2.75) is 37.8 Å². The molecule has 0 amide bonds. The molecule has 0 bridgehead atoms. The van der Waals surface area contributed by atoms with Gasteiger partial charge in [-0.1, -0.05) is 22.4 Å². The van der Waals surface area contributed by atoms with E-state index in [0.29, 0.717) is 17.6 Å². The summed E-state index contributed by atoms with van der Waals surface area (Å²) in [5.41, 5.74) is 1.08. The van der Waals surface area contributed by atoms with E-state index in [1.807, 2.05) is 12.1 Å². The quantitative estimate of drug-likeness (QED) is 0.888. The van der Waals surface area contributed by atoms with Gasteiger partial charge < -0.3 is 10.4 Å². The highest BCUT2D eigenvalue weighted by Gasteiger charge is 2.35. The lowest BCUT2D eigenvalue weighted by Crippen LogP contribution is -2.41. The van der Waals surface area contributed by atoms with Crippen LogP contribution in [-0.2, 0) is 0 Å². The number of nitrogens with one attached hydrogen (secondary N) is 1. The first kappa shape index (κ1) is 13.9. The summed E-state index contributed by atoms with van der Waals surface area (Å²) in [5.74, 6) is -0.882. The molecule has 5 heteroatoms. The summed E-state index contributed by atoms with van der Waals surface area (Å²) in [5, 5.41) is 12.8. The monoisotopic (exact) mass is 338 g/mol. The average molecular weight is 339 g/mol. The summed E-state index contributed by atoms with van der Waals surface area (Å²) in [4.78, 5) is 13.9. The lowest BCUT2D eigenvalue weighted by molar-refractivity contribution is 0.0697. The lowest BCUT2D eigenvalue weighted by Gasteiger charge is -2.33. The molecular formula is C15H19BrN2O2. The Balaban J connectivity index is 1.79. The Morgan fingerprint density at radius 2 is 2.15 bits per heavy atom. The largest absolute Gasteiger partial charge is 0.478 e. The molecule has 0 radical (unpaired) electrons. The summed E-state index contributed by atoms with van der Waals surface area (Å²) in [6.45, 7) is 2.32. The summed E-state index contributed by atoms with van der Waals surface area (Å²) in [7, 11) is 0. The number of hydrogen-bond donors (Lipinski definition) is 2. The summed E-state index contributed by atoms with van der Waals surface area (Å²) >= 11 is 3.33. The SMILES string of the molecule is O=C(O)c1cc(Br)ccc1NC1CCN2CCCCC12. The normalized spacial score (nSPS) is 26.2. The first-order valence-electron chi connectivity index (χ1n) is 7.18. The van der Waals surface area contributed by atoms with Crippen molar-refractivity contribution in [2.24, 2.45) is 0 Å². The van der Waals surface area contributed by atoms with Crippen LogP contribution in [0.3, 0.4) is 0 Å². The fraction of sp³-hybridized carbons (Fsp3) is 0.533. The van der Waals surface area contributed by atoms with Gasteiger partial charge in [-0.15, -0.1) is 0 Å². The Hall–Kier alpha value is -1.07. The van der Waals surface area contributed by atoms with Crippen LogP contribution >= 0.6 is 15.9 Å². The van der Waals surface area contributed by atoms with E-state index in [2.05, 4.69) is 26.1 Å². The molecule has 0 aromatic heterocycles. The first-order valence-corrected chi connectivity index (χ1v) is 7.98. The van der Waals surface area contributed by atoms with Crippen LogP contribution in [0.4, 0.5) is 5.69 Å². The number of nitrogens with zero attached hydrogens (tertiary/aromatic N) is 1. The zero-order valence-electron chi connectivity index (χ0n) is 11.3. The maximum atomic E-state index is 11.4. The summed E-state index contributed by atoms with van der Waals surface area (Å²) < 4.78 is 0.797. The van der Waals surface area contributed by atoms with Gasteiger partial charge in [-0.2, -0.15) is 0 Å². The van der Waals surface area contributed by atoms with E-state index in [9.17, 15) is 9.90 Å². The van der Waals surface area contributed by atoms with E-state index in [-0.39, 0.29) is 0 Å². The minimum absolute atomic E-state index is 0.341. The number of aromatic carboxylic acids is 1. The second-order valence-electron chi connectivity index (χ2n) is 5.63. The van der Waals surface area contributed by atoms with Gasteiger partial charge in [0, 0.05) is 28.8 Å². The van der Waals surface area contributed by atoms with E-state index >= 15 is 0 Å². The maximum Gasteiger partial charge on any atom is 0.337 e. The highest BCUT2D eigenvalue weighted by Crippen LogP contribution is 2.31. The molecule has 1 aromatic rings. The number of carbonyl (C=O) groups is 1. The molecular weight excluding hydrogens is 320 g/mol. The predicted octanol–water partition coefficient (Wildman–Crippen LogP) is 3.19. The fourth-order valence-electron chi connectivity index (χ4n) is 3.43. The molecule has 0 saturated carbocycles. The van der Waals surface area contributed by atoms with Crippen molar-refractivity contribution in [3.05, 3.63) is 28.2 Å². The summed E-state index contributed by atoms with van der Waals surface area (Å²) in [6.07, 6.45) is 4.89. The van der Waals surface area contributed by atoms with Crippen LogP contribution in [0.2, 0.25) is 0 Å². The van der Waals surface area contributed by atoms with Crippen molar-refractivity contribution in [2.75, 3.05) is 18.4 Å². The topological polar surface area (TPSA) is 52.6 Å². The van der Waals surface area contributed by atoms with Gasteiger partial charge in [-0.05, 0) is 44.0 Å².